The standard InChI is InChI=1S/C16H13NO3S.CH4/c1-19-16(18)13-14(15-12(9-17-13)7-8-21-15)20-10-11-5-3-2-4-6-11;/h2-9H,10H2,1H3;1H4. The third kappa shape index (κ3) is 3.09. The molecule has 0 aliphatic rings. The first-order chi connectivity index (χ1) is 10.3. The number of ether oxygens (including phenoxy) is 2. The van der Waals surface area contributed by atoms with Gasteiger partial charge in [-0.15, -0.1) is 11.3 Å². The summed E-state index contributed by atoms with van der Waals surface area (Å²) in [5, 5.41) is 2.90. The Morgan fingerprint density at radius 1 is 1.23 bits per heavy atom. The Labute approximate surface area is 133 Å². The van der Waals surface area contributed by atoms with Crippen LogP contribution in [-0.2, 0) is 11.3 Å². The van der Waals surface area contributed by atoms with Crippen LogP contribution in [0.5, 0.6) is 5.75 Å². The summed E-state index contributed by atoms with van der Waals surface area (Å²) in [7, 11) is 1.34. The molecule has 2 heterocycles. The highest BCUT2D eigenvalue weighted by Gasteiger charge is 2.19. The summed E-state index contributed by atoms with van der Waals surface area (Å²) in [6.45, 7) is 0.378. The summed E-state index contributed by atoms with van der Waals surface area (Å²) in [6, 6.07) is 11.7. The molecule has 0 atom stereocenters. The van der Waals surface area contributed by atoms with Crippen LogP contribution in [0.25, 0.3) is 10.1 Å². The second-order valence-corrected chi connectivity index (χ2v) is 5.32. The van der Waals surface area contributed by atoms with Gasteiger partial charge in [0.2, 0.25) is 0 Å². The molecule has 0 spiro atoms. The van der Waals surface area contributed by atoms with Crippen molar-refractivity contribution in [3.8, 4) is 5.75 Å². The van der Waals surface area contributed by atoms with E-state index in [1.54, 1.807) is 6.20 Å². The van der Waals surface area contributed by atoms with Crippen molar-refractivity contribution in [3.63, 3.8) is 0 Å². The lowest BCUT2D eigenvalue weighted by atomic mass is 10.2. The largest absolute Gasteiger partial charge is 0.485 e. The third-order valence-electron chi connectivity index (χ3n) is 3.05. The number of carbonyl (C=O) groups excluding carboxylic acids is 1. The van der Waals surface area contributed by atoms with Crippen molar-refractivity contribution >= 4 is 27.4 Å². The van der Waals surface area contributed by atoms with Crippen LogP contribution in [0.4, 0.5) is 0 Å². The number of thiophene rings is 1. The molecule has 0 saturated heterocycles. The topological polar surface area (TPSA) is 48.4 Å². The third-order valence-corrected chi connectivity index (χ3v) is 3.98. The molecule has 114 valence electrons. The Hall–Kier alpha value is -2.40. The van der Waals surface area contributed by atoms with Gasteiger partial charge < -0.3 is 9.47 Å². The Morgan fingerprint density at radius 2 is 2.00 bits per heavy atom. The van der Waals surface area contributed by atoms with E-state index in [1.807, 2.05) is 41.8 Å². The molecular formula is C17H17NO3S. The number of esters is 1. The van der Waals surface area contributed by atoms with Crippen molar-refractivity contribution in [1.29, 1.82) is 0 Å². The van der Waals surface area contributed by atoms with Crippen molar-refractivity contribution in [2.45, 2.75) is 14.0 Å². The molecule has 3 rings (SSSR count). The van der Waals surface area contributed by atoms with E-state index in [-0.39, 0.29) is 13.1 Å². The second-order valence-electron chi connectivity index (χ2n) is 4.41. The van der Waals surface area contributed by atoms with Crippen LogP contribution in [0.2, 0.25) is 0 Å². The van der Waals surface area contributed by atoms with Crippen LogP contribution in [-0.4, -0.2) is 18.1 Å². The molecule has 0 unspecified atom stereocenters. The van der Waals surface area contributed by atoms with E-state index in [9.17, 15) is 4.79 Å². The first kappa shape index (κ1) is 16.0. The van der Waals surface area contributed by atoms with Gasteiger partial charge in [0.1, 0.15) is 6.61 Å². The number of fused-ring (bicyclic) bond motifs is 1. The number of aromatic nitrogens is 1. The average molecular weight is 315 g/mol. The van der Waals surface area contributed by atoms with Crippen molar-refractivity contribution < 1.29 is 14.3 Å². The Bertz CT molecular complexity index is 768. The van der Waals surface area contributed by atoms with E-state index >= 15 is 0 Å². The number of hydrogen-bond donors (Lipinski definition) is 0. The van der Waals surface area contributed by atoms with Gasteiger partial charge in [-0.25, -0.2) is 9.78 Å². The molecule has 0 aliphatic carbocycles. The van der Waals surface area contributed by atoms with Crippen molar-refractivity contribution in [3.05, 3.63) is 59.2 Å². The Morgan fingerprint density at radius 3 is 2.73 bits per heavy atom. The van der Waals surface area contributed by atoms with Gasteiger partial charge in [-0.1, -0.05) is 37.8 Å². The van der Waals surface area contributed by atoms with Crippen molar-refractivity contribution in [2.75, 3.05) is 7.11 Å². The maximum absolute atomic E-state index is 11.9. The van der Waals surface area contributed by atoms with E-state index in [1.165, 1.54) is 18.4 Å². The zero-order valence-electron chi connectivity index (χ0n) is 11.4. The predicted octanol–water partition coefficient (Wildman–Crippen LogP) is 4.30. The fraction of sp³-hybridized carbons (Fsp3) is 0.176. The molecule has 0 aliphatic heterocycles. The quantitative estimate of drug-likeness (QED) is 0.674. The molecule has 0 fully saturated rings. The van der Waals surface area contributed by atoms with E-state index < -0.39 is 5.97 Å². The van der Waals surface area contributed by atoms with Crippen LogP contribution in [0, 0.1) is 0 Å². The lowest BCUT2D eigenvalue weighted by Crippen LogP contribution is -2.08. The van der Waals surface area contributed by atoms with Crippen LogP contribution in [0.15, 0.2) is 48.0 Å². The normalized spacial score (nSPS) is 10.0. The number of benzene rings is 1. The van der Waals surface area contributed by atoms with Gasteiger partial charge in [0.05, 0.1) is 11.8 Å². The predicted molar refractivity (Wildman–Crippen MR) is 88.5 cm³/mol. The zero-order chi connectivity index (χ0) is 14.7. The highest BCUT2D eigenvalue weighted by Crippen LogP contribution is 2.33. The number of carbonyl (C=O) groups is 1. The number of pyridine rings is 1. The first-order valence-corrected chi connectivity index (χ1v) is 7.29. The van der Waals surface area contributed by atoms with E-state index in [4.69, 9.17) is 9.47 Å². The number of rotatable bonds is 4. The van der Waals surface area contributed by atoms with Crippen molar-refractivity contribution in [2.24, 2.45) is 0 Å². The SMILES string of the molecule is C.COC(=O)c1ncc2ccsc2c1OCc1ccccc1. The molecule has 0 bridgehead atoms. The molecule has 0 radical (unpaired) electrons. The molecule has 0 N–H and O–H groups in total. The van der Waals surface area contributed by atoms with Gasteiger partial charge in [0.25, 0.3) is 0 Å². The minimum atomic E-state index is -0.492. The monoisotopic (exact) mass is 315 g/mol. The van der Waals surface area contributed by atoms with E-state index in [0.717, 1.165) is 15.6 Å². The fourth-order valence-corrected chi connectivity index (χ4v) is 2.88. The highest BCUT2D eigenvalue weighted by molar-refractivity contribution is 7.17. The molecule has 0 saturated carbocycles. The molecule has 22 heavy (non-hydrogen) atoms. The summed E-state index contributed by atoms with van der Waals surface area (Å²) in [5.74, 6) is -0.00781. The maximum atomic E-state index is 11.9. The fourth-order valence-electron chi connectivity index (χ4n) is 2.01. The first-order valence-electron chi connectivity index (χ1n) is 6.41. The van der Waals surface area contributed by atoms with Crippen molar-refractivity contribution in [1.82, 2.24) is 4.98 Å². The summed E-state index contributed by atoms with van der Waals surface area (Å²) < 4.78 is 11.5. The Kier molecular flexibility index (Phi) is 5.12. The summed E-state index contributed by atoms with van der Waals surface area (Å²) in [6.07, 6.45) is 1.66. The van der Waals surface area contributed by atoms with E-state index in [2.05, 4.69) is 4.98 Å². The molecular weight excluding hydrogens is 298 g/mol. The minimum Gasteiger partial charge on any atom is -0.485 e. The number of methoxy groups -OCH3 is 1. The summed E-state index contributed by atoms with van der Waals surface area (Å²) >= 11 is 1.52. The van der Waals surface area contributed by atoms with Crippen LogP contribution in [0.3, 0.4) is 0 Å². The van der Waals surface area contributed by atoms with Gasteiger partial charge in [-0.3, -0.25) is 0 Å². The molecule has 5 heteroatoms. The number of nitrogens with zero attached hydrogens (tertiary/aromatic N) is 1. The van der Waals surface area contributed by atoms with Gasteiger partial charge in [0, 0.05) is 11.6 Å². The molecule has 3 aromatic rings. The summed E-state index contributed by atoms with van der Waals surface area (Å²) in [5.41, 5.74) is 1.24. The van der Waals surface area contributed by atoms with Crippen LogP contribution < -0.4 is 4.74 Å². The molecule has 4 nitrogen and oxygen atoms in total. The van der Waals surface area contributed by atoms with Crippen LogP contribution >= 0.6 is 11.3 Å². The molecule has 0 amide bonds. The molecule has 2 aromatic heterocycles. The lowest BCUT2D eigenvalue weighted by Gasteiger charge is -2.10. The Balaban J connectivity index is 0.00000176. The number of hydrogen-bond acceptors (Lipinski definition) is 5. The van der Waals surface area contributed by atoms with Gasteiger partial charge in [-0.2, -0.15) is 0 Å². The lowest BCUT2D eigenvalue weighted by molar-refractivity contribution is 0.0589. The van der Waals surface area contributed by atoms with E-state index in [0.29, 0.717) is 12.4 Å². The zero-order valence-corrected chi connectivity index (χ0v) is 12.2. The highest BCUT2D eigenvalue weighted by atomic mass is 32.1. The van der Waals surface area contributed by atoms with Crippen LogP contribution in [0.1, 0.15) is 23.5 Å². The van der Waals surface area contributed by atoms with Gasteiger partial charge >= 0.3 is 5.97 Å². The smallest absolute Gasteiger partial charge is 0.360 e. The second kappa shape index (κ2) is 7.04. The maximum Gasteiger partial charge on any atom is 0.360 e. The molecule has 1 aromatic carbocycles. The minimum absolute atomic E-state index is 0. The summed E-state index contributed by atoms with van der Waals surface area (Å²) in [4.78, 5) is 16.0. The average Bonchev–Trinajstić information content (AvgIpc) is 3.01. The van der Waals surface area contributed by atoms with Gasteiger partial charge in [0.15, 0.2) is 11.4 Å². The van der Waals surface area contributed by atoms with Gasteiger partial charge in [-0.05, 0) is 17.0 Å².